The predicted molar refractivity (Wildman–Crippen MR) is 52.6 cm³/mol. The van der Waals surface area contributed by atoms with E-state index in [9.17, 15) is 0 Å². The van der Waals surface area contributed by atoms with Gasteiger partial charge in [-0.3, -0.25) is 5.26 Å². The maximum absolute atomic E-state index is 8.61. The van der Waals surface area contributed by atoms with E-state index >= 15 is 0 Å². The van der Waals surface area contributed by atoms with Crippen molar-refractivity contribution in [1.82, 2.24) is 0 Å². The SMILES string of the molecule is CCc1ccc(C(CC)OO)cc1. The van der Waals surface area contributed by atoms with Gasteiger partial charge in [-0.25, -0.2) is 4.89 Å². The van der Waals surface area contributed by atoms with Crippen LogP contribution < -0.4 is 0 Å². The molecule has 1 N–H and O–H groups in total. The summed E-state index contributed by atoms with van der Waals surface area (Å²) in [6.07, 6.45) is 1.63. The molecule has 0 aliphatic carbocycles. The molecule has 72 valence electrons. The van der Waals surface area contributed by atoms with Gasteiger partial charge < -0.3 is 0 Å². The fourth-order valence-corrected chi connectivity index (χ4v) is 1.34. The molecular weight excluding hydrogens is 164 g/mol. The monoisotopic (exact) mass is 180 g/mol. The standard InChI is InChI=1S/C11H16O2/c1-3-9-5-7-10(8-6-9)11(4-2)13-12/h5-8,11-12H,3-4H2,1-2H3. The molecule has 0 spiro atoms. The Morgan fingerprint density at radius 2 is 1.85 bits per heavy atom. The summed E-state index contributed by atoms with van der Waals surface area (Å²) in [7, 11) is 0. The lowest BCUT2D eigenvalue weighted by Gasteiger charge is -2.11. The van der Waals surface area contributed by atoms with Gasteiger partial charge in [0.05, 0.1) is 0 Å². The molecule has 0 heterocycles. The van der Waals surface area contributed by atoms with Crippen molar-refractivity contribution in [3.05, 3.63) is 35.4 Å². The van der Waals surface area contributed by atoms with E-state index in [2.05, 4.69) is 23.9 Å². The van der Waals surface area contributed by atoms with Crippen LogP contribution in [0.5, 0.6) is 0 Å². The first-order valence-corrected chi connectivity index (χ1v) is 4.70. The van der Waals surface area contributed by atoms with Gasteiger partial charge in [0, 0.05) is 0 Å². The van der Waals surface area contributed by atoms with Crippen LogP contribution in [0.25, 0.3) is 0 Å². The van der Waals surface area contributed by atoms with Crippen molar-refractivity contribution in [2.24, 2.45) is 0 Å². The van der Waals surface area contributed by atoms with E-state index in [0.29, 0.717) is 0 Å². The fourth-order valence-electron chi connectivity index (χ4n) is 1.34. The van der Waals surface area contributed by atoms with Gasteiger partial charge in [0.25, 0.3) is 0 Å². The van der Waals surface area contributed by atoms with Crippen molar-refractivity contribution >= 4 is 0 Å². The Labute approximate surface area is 79.1 Å². The minimum Gasteiger partial charge on any atom is -0.251 e. The summed E-state index contributed by atoms with van der Waals surface area (Å²) in [5.41, 5.74) is 2.33. The first-order valence-electron chi connectivity index (χ1n) is 4.70. The zero-order valence-electron chi connectivity index (χ0n) is 8.16. The first kappa shape index (κ1) is 10.2. The van der Waals surface area contributed by atoms with Crippen LogP contribution in [0.2, 0.25) is 0 Å². The highest BCUT2D eigenvalue weighted by Gasteiger charge is 2.08. The van der Waals surface area contributed by atoms with Crippen LogP contribution in [0, 0.1) is 0 Å². The van der Waals surface area contributed by atoms with Crippen LogP contribution >= 0.6 is 0 Å². The number of hydrogen-bond donors (Lipinski definition) is 1. The van der Waals surface area contributed by atoms with Crippen LogP contribution in [0.4, 0.5) is 0 Å². The van der Waals surface area contributed by atoms with Crippen LogP contribution in [0.3, 0.4) is 0 Å². The van der Waals surface area contributed by atoms with E-state index in [-0.39, 0.29) is 6.10 Å². The molecule has 1 unspecified atom stereocenters. The Morgan fingerprint density at radius 3 is 2.23 bits per heavy atom. The molecule has 0 fully saturated rings. The van der Waals surface area contributed by atoms with Crippen LogP contribution in [0.15, 0.2) is 24.3 Å². The molecule has 1 atom stereocenters. The van der Waals surface area contributed by atoms with E-state index in [0.717, 1.165) is 18.4 Å². The molecule has 1 rings (SSSR count). The Balaban J connectivity index is 2.78. The summed E-state index contributed by atoms with van der Waals surface area (Å²) in [4.78, 5) is 4.36. The molecule has 0 aliphatic rings. The van der Waals surface area contributed by atoms with E-state index in [1.807, 2.05) is 19.1 Å². The number of rotatable bonds is 4. The lowest BCUT2D eigenvalue weighted by molar-refractivity contribution is -0.282. The highest BCUT2D eigenvalue weighted by molar-refractivity contribution is 5.24. The Hall–Kier alpha value is -0.860. The van der Waals surface area contributed by atoms with Gasteiger partial charge in [0.1, 0.15) is 6.10 Å². The van der Waals surface area contributed by atoms with Crippen molar-refractivity contribution in [2.45, 2.75) is 32.8 Å². The quantitative estimate of drug-likeness (QED) is 0.569. The van der Waals surface area contributed by atoms with E-state index in [1.54, 1.807) is 0 Å². The van der Waals surface area contributed by atoms with Gasteiger partial charge in [-0.1, -0.05) is 38.1 Å². The topological polar surface area (TPSA) is 29.5 Å². The second kappa shape index (κ2) is 5.00. The zero-order chi connectivity index (χ0) is 9.68. The smallest absolute Gasteiger partial charge is 0.117 e. The largest absolute Gasteiger partial charge is 0.251 e. The molecule has 0 bridgehead atoms. The summed E-state index contributed by atoms with van der Waals surface area (Å²) in [5, 5.41) is 8.61. The predicted octanol–water partition coefficient (Wildman–Crippen LogP) is 3.19. The molecule has 2 nitrogen and oxygen atoms in total. The van der Waals surface area contributed by atoms with Gasteiger partial charge >= 0.3 is 0 Å². The summed E-state index contributed by atoms with van der Waals surface area (Å²) in [6, 6.07) is 8.14. The van der Waals surface area contributed by atoms with Crippen molar-refractivity contribution < 1.29 is 10.1 Å². The summed E-state index contributed by atoms with van der Waals surface area (Å²) < 4.78 is 0. The zero-order valence-corrected chi connectivity index (χ0v) is 8.16. The number of benzene rings is 1. The average Bonchev–Trinajstić information content (AvgIpc) is 2.21. The minimum absolute atomic E-state index is 0.189. The molecule has 0 saturated carbocycles. The first-order chi connectivity index (χ1) is 6.31. The third-order valence-corrected chi connectivity index (χ3v) is 2.26. The van der Waals surface area contributed by atoms with Crippen LogP contribution in [0.1, 0.15) is 37.5 Å². The minimum atomic E-state index is -0.189. The molecule has 0 radical (unpaired) electrons. The molecule has 1 aromatic rings. The highest BCUT2D eigenvalue weighted by atomic mass is 17.1. The maximum atomic E-state index is 8.61. The summed E-state index contributed by atoms with van der Waals surface area (Å²) in [6.45, 7) is 4.10. The second-order valence-electron chi connectivity index (χ2n) is 3.10. The van der Waals surface area contributed by atoms with E-state index in [4.69, 9.17) is 5.26 Å². The number of hydrogen-bond acceptors (Lipinski definition) is 2. The van der Waals surface area contributed by atoms with Crippen LogP contribution in [-0.4, -0.2) is 5.26 Å². The Bertz CT molecular complexity index is 237. The second-order valence-corrected chi connectivity index (χ2v) is 3.10. The third kappa shape index (κ3) is 2.54. The molecule has 0 amide bonds. The average molecular weight is 180 g/mol. The fraction of sp³-hybridized carbons (Fsp3) is 0.455. The van der Waals surface area contributed by atoms with Gasteiger partial charge in [0.15, 0.2) is 0 Å². The third-order valence-electron chi connectivity index (χ3n) is 2.26. The molecule has 0 aliphatic heterocycles. The highest BCUT2D eigenvalue weighted by Crippen LogP contribution is 2.20. The van der Waals surface area contributed by atoms with E-state index < -0.39 is 0 Å². The van der Waals surface area contributed by atoms with Crippen LogP contribution in [-0.2, 0) is 11.3 Å². The Morgan fingerprint density at radius 1 is 1.23 bits per heavy atom. The maximum Gasteiger partial charge on any atom is 0.117 e. The van der Waals surface area contributed by atoms with E-state index in [1.165, 1.54) is 5.56 Å². The molecule has 0 aromatic heterocycles. The van der Waals surface area contributed by atoms with Gasteiger partial charge in [-0.2, -0.15) is 0 Å². The lowest BCUT2D eigenvalue weighted by Crippen LogP contribution is -1.99. The van der Waals surface area contributed by atoms with Gasteiger partial charge in [-0.15, -0.1) is 0 Å². The molecule has 0 saturated heterocycles. The lowest BCUT2D eigenvalue weighted by atomic mass is 10.0. The normalized spacial score (nSPS) is 12.8. The van der Waals surface area contributed by atoms with Gasteiger partial charge in [0.2, 0.25) is 0 Å². The number of aryl methyl sites for hydroxylation is 1. The molecule has 13 heavy (non-hydrogen) atoms. The van der Waals surface area contributed by atoms with Gasteiger partial charge in [-0.05, 0) is 24.0 Å². The summed E-state index contributed by atoms with van der Waals surface area (Å²) in [5.74, 6) is 0. The van der Waals surface area contributed by atoms with Crippen molar-refractivity contribution in [2.75, 3.05) is 0 Å². The molecule has 2 heteroatoms. The van der Waals surface area contributed by atoms with Crippen molar-refractivity contribution in [3.63, 3.8) is 0 Å². The van der Waals surface area contributed by atoms with Crippen molar-refractivity contribution in [3.8, 4) is 0 Å². The Kier molecular flexibility index (Phi) is 3.93. The summed E-state index contributed by atoms with van der Waals surface area (Å²) >= 11 is 0. The van der Waals surface area contributed by atoms with Crippen molar-refractivity contribution in [1.29, 1.82) is 0 Å². The molecular formula is C11H16O2. The molecule has 1 aromatic carbocycles.